The number of aliphatic hydroxyl groups excluding tert-OH is 2. The van der Waals surface area contributed by atoms with E-state index in [0.29, 0.717) is 24.9 Å². The molecule has 1 spiro atoms. The van der Waals surface area contributed by atoms with Gasteiger partial charge < -0.3 is 14.9 Å². The molecule has 0 bridgehead atoms. The van der Waals surface area contributed by atoms with Crippen LogP contribution in [0.15, 0.2) is 23.8 Å². The largest absolute Gasteiger partial charge is 0.393 e. The molecule has 4 aliphatic carbocycles. The van der Waals surface area contributed by atoms with Crippen LogP contribution >= 0.6 is 0 Å². The first kappa shape index (κ1) is 17.8. The molecule has 5 nitrogen and oxygen atoms in total. The SMILES string of the molecule is C[C@H]1C[C@H]2[C@@H]3CCC4=CC(=O)C=C[C@]4(C)C3[C@@H](O)C[C@@]23CO[C@]13C(=O)CO. The number of rotatable bonds is 2. The lowest BCUT2D eigenvalue weighted by molar-refractivity contribution is -0.295. The van der Waals surface area contributed by atoms with Crippen molar-refractivity contribution < 1.29 is 24.5 Å². The molecule has 1 unspecified atom stereocenters. The van der Waals surface area contributed by atoms with Gasteiger partial charge in [-0.2, -0.15) is 0 Å². The first-order chi connectivity index (χ1) is 12.8. The minimum absolute atomic E-state index is 0.0390. The number of hydrogen-bond acceptors (Lipinski definition) is 5. The fraction of sp³-hybridized carbons (Fsp3) is 0.727. The first-order valence-corrected chi connectivity index (χ1v) is 10.2. The van der Waals surface area contributed by atoms with Crippen molar-refractivity contribution in [2.45, 2.75) is 51.2 Å². The lowest BCUT2D eigenvalue weighted by Crippen LogP contribution is -2.73. The van der Waals surface area contributed by atoms with E-state index in [1.54, 1.807) is 12.2 Å². The second kappa shape index (κ2) is 5.40. The molecule has 27 heavy (non-hydrogen) atoms. The summed E-state index contributed by atoms with van der Waals surface area (Å²) in [4.78, 5) is 24.6. The third kappa shape index (κ3) is 1.86. The van der Waals surface area contributed by atoms with E-state index < -0.39 is 18.3 Å². The maximum Gasteiger partial charge on any atom is 0.190 e. The number of carbonyl (C=O) groups is 2. The fourth-order valence-corrected chi connectivity index (χ4v) is 7.89. The van der Waals surface area contributed by atoms with Crippen molar-refractivity contribution in [3.8, 4) is 0 Å². The maximum absolute atomic E-state index is 12.7. The number of Topliss-reactive ketones (excluding diaryl/α,β-unsaturated/α-hetero) is 1. The van der Waals surface area contributed by atoms with Gasteiger partial charge in [0.2, 0.25) is 0 Å². The van der Waals surface area contributed by atoms with Gasteiger partial charge in [-0.15, -0.1) is 0 Å². The predicted octanol–water partition coefficient (Wildman–Crippen LogP) is 1.82. The number of ketones is 2. The zero-order valence-corrected chi connectivity index (χ0v) is 16.0. The summed E-state index contributed by atoms with van der Waals surface area (Å²) in [5.74, 6) is 0.542. The summed E-state index contributed by atoms with van der Waals surface area (Å²) < 4.78 is 5.95. The molecule has 8 atom stereocenters. The molecule has 2 N–H and O–H groups in total. The smallest absolute Gasteiger partial charge is 0.190 e. The van der Waals surface area contributed by atoms with E-state index in [1.807, 2.05) is 6.08 Å². The van der Waals surface area contributed by atoms with E-state index in [0.717, 1.165) is 24.8 Å². The lowest BCUT2D eigenvalue weighted by atomic mass is 9.44. The van der Waals surface area contributed by atoms with E-state index in [-0.39, 0.29) is 34.2 Å². The van der Waals surface area contributed by atoms with Gasteiger partial charge in [0, 0.05) is 16.7 Å². The van der Waals surface area contributed by atoms with Crippen LogP contribution in [0.4, 0.5) is 0 Å². The van der Waals surface area contributed by atoms with Crippen LogP contribution in [0.25, 0.3) is 0 Å². The quantitative estimate of drug-likeness (QED) is 0.773. The molecule has 0 aromatic carbocycles. The highest BCUT2D eigenvalue weighted by Gasteiger charge is 2.78. The van der Waals surface area contributed by atoms with Gasteiger partial charge in [0.25, 0.3) is 0 Å². The Morgan fingerprint density at radius 3 is 2.85 bits per heavy atom. The fourth-order valence-electron chi connectivity index (χ4n) is 7.89. The monoisotopic (exact) mass is 372 g/mol. The van der Waals surface area contributed by atoms with E-state index in [4.69, 9.17) is 4.74 Å². The Hall–Kier alpha value is -1.30. The summed E-state index contributed by atoms with van der Waals surface area (Å²) in [5, 5.41) is 20.9. The van der Waals surface area contributed by atoms with Gasteiger partial charge in [-0.25, -0.2) is 0 Å². The molecule has 1 saturated heterocycles. The normalized spacial score (nSPS) is 52.8. The Labute approximate surface area is 159 Å². The van der Waals surface area contributed by atoms with Crippen molar-refractivity contribution >= 4 is 11.6 Å². The van der Waals surface area contributed by atoms with Crippen LogP contribution in [0.5, 0.6) is 0 Å². The number of ether oxygens (including phenoxy) is 1. The molecular formula is C22H28O5. The first-order valence-electron chi connectivity index (χ1n) is 10.2. The van der Waals surface area contributed by atoms with Gasteiger partial charge in [0.1, 0.15) is 12.2 Å². The molecule has 0 aromatic heterocycles. The standard InChI is InChI=1S/C22H28O5/c1-12-7-16-15-4-3-13-8-14(24)5-6-20(13,2)19(15)17(25)9-21(16)11-27-22(12,21)18(26)10-23/h5-6,8,12,15-17,19,23,25H,3-4,7,9-11H2,1-2H3/t12-,15-,16-,17-,19?,20-,21+,22-/m0/s1. The van der Waals surface area contributed by atoms with Crippen LogP contribution < -0.4 is 0 Å². The second-order valence-corrected chi connectivity index (χ2v) is 9.69. The van der Waals surface area contributed by atoms with Gasteiger partial charge in [-0.3, -0.25) is 9.59 Å². The van der Waals surface area contributed by atoms with Gasteiger partial charge in [0.15, 0.2) is 11.6 Å². The molecule has 1 aliphatic heterocycles. The number of aliphatic hydroxyl groups is 2. The van der Waals surface area contributed by atoms with E-state index in [1.165, 1.54) is 0 Å². The molecule has 0 aromatic rings. The molecule has 0 amide bonds. The van der Waals surface area contributed by atoms with E-state index in [2.05, 4.69) is 13.8 Å². The highest BCUT2D eigenvalue weighted by atomic mass is 16.5. The van der Waals surface area contributed by atoms with E-state index >= 15 is 0 Å². The van der Waals surface area contributed by atoms with Crippen LogP contribution in [-0.2, 0) is 14.3 Å². The van der Waals surface area contributed by atoms with Gasteiger partial charge in [-0.05, 0) is 55.6 Å². The van der Waals surface area contributed by atoms with Crippen molar-refractivity contribution in [3.63, 3.8) is 0 Å². The number of allylic oxidation sites excluding steroid dienone is 4. The van der Waals surface area contributed by atoms with Crippen molar-refractivity contribution in [2.75, 3.05) is 13.2 Å². The second-order valence-electron chi connectivity index (χ2n) is 9.69. The third-order valence-corrected chi connectivity index (χ3v) is 8.87. The molecule has 146 valence electrons. The summed E-state index contributed by atoms with van der Waals surface area (Å²) in [6.45, 7) is 4.21. The zero-order valence-electron chi connectivity index (χ0n) is 16.0. The summed E-state index contributed by atoms with van der Waals surface area (Å²) in [6.07, 6.45) is 8.11. The van der Waals surface area contributed by atoms with Crippen LogP contribution in [-0.4, -0.2) is 46.7 Å². The Morgan fingerprint density at radius 1 is 1.41 bits per heavy atom. The maximum atomic E-state index is 12.7. The van der Waals surface area contributed by atoms with Gasteiger partial charge in [0.05, 0.1) is 12.7 Å². The molecule has 1 heterocycles. The third-order valence-electron chi connectivity index (χ3n) is 8.87. The minimum atomic E-state index is -0.923. The highest BCUT2D eigenvalue weighted by Crippen LogP contribution is 2.72. The van der Waals surface area contributed by atoms with Gasteiger partial charge >= 0.3 is 0 Å². The van der Waals surface area contributed by atoms with Gasteiger partial charge in [-0.1, -0.05) is 25.5 Å². The topological polar surface area (TPSA) is 83.8 Å². The highest BCUT2D eigenvalue weighted by molar-refractivity contribution is 6.01. The van der Waals surface area contributed by atoms with Crippen molar-refractivity contribution in [1.82, 2.24) is 0 Å². The summed E-state index contributed by atoms with van der Waals surface area (Å²) in [5.41, 5.74) is -0.426. The minimum Gasteiger partial charge on any atom is -0.393 e. The van der Waals surface area contributed by atoms with Crippen LogP contribution in [0.1, 0.15) is 39.5 Å². The average molecular weight is 372 g/mol. The van der Waals surface area contributed by atoms with E-state index in [9.17, 15) is 19.8 Å². The van der Waals surface area contributed by atoms with Crippen LogP contribution in [0, 0.1) is 34.5 Å². The average Bonchev–Trinajstić information content (AvgIpc) is 2.79. The Morgan fingerprint density at radius 2 is 2.19 bits per heavy atom. The predicted molar refractivity (Wildman–Crippen MR) is 97.7 cm³/mol. The molecule has 5 rings (SSSR count). The zero-order chi connectivity index (χ0) is 19.2. The molecule has 0 radical (unpaired) electrons. The molecule has 3 saturated carbocycles. The lowest BCUT2D eigenvalue weighted by Gasteiger charge is -2.65. The Balaban J connectivity index is 1.58. The molecule has 5 heteroatoms. The van der Waals surface area contributed by atoms with Crippen molar-refractivity contribution in [3.05, 3.63) is 23.8 Å². The summed E-state index contributed by atoms with van der Waals surface area (Å²) >= 11 is 0. The number of carbonyl (C=O) groups excluding carboxylic acids is 2. The van der Waals surface area contributed by atoms with Crippen LogP contribution in [0.3, 0.4) is 0 Å². The molecule has 4 fully saturated rings. The van der Waals surface area contributed by atoms with Crippen LogP contribution in [0.2, 0.25) is 0 Å². The molecular weight excluding hydrogens is 344 g/mol. The number of fused-ring (bicyclic) bond motifs is 4. The number of hydrogen-bond donors (Lipinski definition) is 2. The van der Waals surface area contributed by atoms with Crippen molar-refractivity contribution in [2.24, 2.45) is 34.5 Å². The van der Waals surface area contributed by atoms with Crippen molar-refractivity contribution in [1.29, 1.82) is 0 Å². The summed E-state index contributed by atoms with van der Waals surface area (Å²) in [6, 6.07) is 0. The summed E-state index contributed by atoms with van der Waals surface area (Å²) in [7, 11) is 0. The molecule has 5 aliphatic rings. The Bertz CT molecular complexity index is 784. The Kier molecular flexibility index (Phi) is 3.55.